The van der Waals surface area contributed by atoms with Crippen LogP contribution >= 0.6 is 0 Å². The molecule has 1 aliphatic rings. The van der Waals surface area contributed by atoms with Gasteiger partial charge in [-0.1, -0.05) is 24.3 Å². The molecule has 30 heavy (non-hydrogen) atoms. The Kier molecular flexibility index (Phi) is 6.14. The second kappa shape index (κ2) is 8.61. The predicted octanol–water partition coefficient (Wildman–Crippen LogP) is 4.45. The van der Waals surface area contributed by atoms with Crippen molar-refractivity contribution in [2.45, 2.75) is 39.0 Å². The molecular formula is C22H26FN3O4. The molecule has 3 rings (SSSR count). The topological polar surface area (TPSA) is 79.9 Å². The molecule has 0 bridgehead atoms. The molecule has 0 saturated carbocycles. The van der Waals surface area contributed by atoms with E-state index in [9.17, 15) is 14.0 Å². The average molecular weight is 415 g/mol. The summed E-state index contributed by atoms with van der Waals surface area (Å²) in [5, 5.41) is 5.40. The fourth-order valence-electron chi connectivity index (χ4n) is 3.30. The van der Waals surface area contributed by atoms with Crippen LogP contribution in [0.1, 0.15) is 38.1 Å². The standard InChI is InChI=1S/C22H26FN3O4/c1-22(2,3)30-21(28)26-12-11-14-7-5-6-8-16(14)19(26)25-20(27)24-17-13-15(23)9-10-18(17)29-4/h5-10,13,19H,11-12H2,1-4H3,(H2,24,25,27). The van der Waals surface area contributed by atoms with Crippen LogP contribution in [0.3, 0.4) is 0 Å². The van der Waals surface area contributed by atoms with Gasteiger partial charge in [-0.25, -0.2) is 14.0 Å². The molecule has 8 heteroatoms. The SMILES string of the molecule is COc1ccc(F)cc1NC(=O)NC1c2ccccc2CCN1C(=O)OC(C)(C)C. The molecule has 2 aromatic carbocycles. The van der Waals surface area contributed by atoms with Gasteiger partial charge in [-0.2, -0.15) is 0 Å². The largest absolute Gasteiger partial charge is 0.495 e. The number of rotatable bonds is 3. The Morgan fingerprint density at radius 2 is 1.90 bits per heavy atom. The third-order valence-corrected chi connectivity index (χ3v) is 4.59. The van der Waals surface area contributed by atoms with Crippen LogP contribution in [0.5, 0.6) is 5.75 Å². The van der Waals surface area contributed by atoms with Crippen LogP contribution in [0.4, 0.5) is 19.7 Å². The summed E-state index contributed by atoms with van der Waals surface area (Å²) in [6.45, 7) is 5.75. The Balaban J connectivity index is 1.85. The third-order valence-electron chi connectivity index (χ3n) is 4.59. The van der Waals surface area contributed by atoms with E-state index in [1.165, 1.54) is 30.2 Å². The molecule has 0 aliphatic carbocycles. The van der Waals surface area contributed by atoms with Crippen molar-refractivity contribution in [3.63, 3.8) is 0 Å². The summed E-state index contributed by atoms with van der Waals surface area (Å²) in [6, 6.07) is 10.8. The van der Waals surface area contributed by atoms with Crippen molar-refractivity contribution in [1.82, 2.24) is 10.2 Å². The highest BCUT2D eigenvalue weighted by Crippen LogP contribution is 2.30. The smallest absolute Gasteiger partial charge is 0.412 e. The Bertz CT molecular complexity index is 942. The zero-order chi connectivity index (χ0) is 21.9. The maximum Gasteiger partial charge on any atom is 0.412 e. The number of nitrogens with zero attached hydrogens (tertiary/aromatic N) is 1. The number of methoxy groups -OCH3 is 1. The molecule has 0 saturated heterocycles. The fraction of sp³-hybridized carbons (Fsp3) is 0.364. The molecule has 7 nitrogen and oxygen atoms in total. The second-order valence-electron chi connectivity index (χ2n) is 7.97. The van der Waals surface area contributed by atoms with E-state index >= 15 is 0 Å². The second-order valence-corrected chi connectivity index (χ2v) is 7.97. The van der Waals surface area contributed by atoms with Crippen LogP contribution < -0.4 is 15.4 Å². The lowest BCUT2D eigenvalue weighted by Gasteiger charge is -2.38. The van der Waals surface area contributed by atoms with Gasteiger partial charge in [0, 0.05) is 12.6 Å². The number of benzene rings is 2. The lowest BCUT2D eigenvalue weighted by atomic mass is 9.97. The number of anilines is 1. The molecule has 1 aliphatic heterocycles. The predicted molar refractivity (Wildman–Crippen MR) is 111 cm³/mol. The van der Waals surface area contributed by atoms with Gasteiger partial charge in [-0.3, -0.25) is 4.90 Å². The molecule has 3 amide bonds. The summed E-state index contributed by atoms with van der Waals surface area (Å²) in [4.78, 5) is 27.0. The number of nitrogens with one attached hydrogen (secondary N) is 2. The van der Waals surface area contributed by atoms with E-state index in [2.05, 4.69) is 10.6 Å². The number of carbonyl (C=O) groups excluding carboxylic acids is 2. The molecule has 1 atom stereocenters. The van der Waals surface area contributed by atoms with Crippen LogP contribution in [-0.2, 0) is 11.2 Å². The van der Waals surface area contributed by atoms with Crippen LogP contribution in [0, 0.1) is 5.82 Å². The van der Waals surface area contributed by atoms with Gasteiger partial charge in [-0.15, -0.1) is 0 Å². The van der Waals surface area contributed by atoms with Crippen molar-refractivity contribution in [3.05, 3.63) is 59.4 Å². The zero-order valence-electron chi connectivity index (χ0n) is 17.5. The first-order valence-corrected chi connectivity index (χ1v) is 9.66. The molecule has 1 unspecified atom stereocenters. The highest BCUT2D eigenvalue weighted by Gasteiger charge is 2.34. The van der Waals surface area contributed by atoms with Crippen LogP contribution in [0.15, 0.2) is 42.5 Å². The lowest BCUT2D eigenvalue weighted by Crippen LogP contribution is -2.50. The minimum absolute atomic E-state index is 0.183. The summed E-state index contributed by atoms with van der Waals surface area (Å²) in [5.41, 5.74) is 1.35. The number of hydrogen-bond acceptors (Lipinski definition) is 4. The van der Waals surface area contributed by atoms with Gasteiger partial charge < -0.3 is 20.1 Å². The van der Waals surface area contributed by atoms with Gasteiger partial charge in [0.2, 0.25) is 0 Å². The van der Waals surface area contributed by atoms with Crippen LogP contribution in [-0.4, -0.2) is 36.3 Å². The van der Waals surface area contributed by atoms with E-state index in [0.29, 0.717) is 18.7 Å². The Morgan fingerprint density at radius 1 is 1.17 bits per heavy atom. The van der Waals surface area contributed by atoms with E-state index in [1.807, 2.05) is 24.3 Å². The van der Waals surface area contributed by atoms with Gasteiger partial charge in [0.05, 0.1) is 12.8 Å². The van der Waals surface area contributed by atoms with E-state index < -0.39 is 29.7 Å². The number of urea groups is 1. The number of halogens is 1. The van der Waals surface area contributed by atoms with Gasteiger partial charge in [0.15, 0.2) is 0 Å². The number of fused-ring (bicyclic) bond motifs is 1. The van der Waals surface area contributed by atoms with Crippen LogP contribution in [0.25, 0.3) is 0 Å². The summed E-state index contributed by atoms with van der Waals surface area (Å²) in [6.07, 6.45) is -0.609. The number of carbonyl (C=O) groups is 2. The van der Waals surface area contributed by atoms with Crippen molar-refractivity contribution >= 4 is 17.8 Å². The normalized spacial score (nSPS) is 15.8. The van der Waals surface area contributed by atoms with Gasteiger partial charge >= 0.3 is 12.1 Å². The van der Waals surface area contributed by atoms with Crippen LogP contribution in [0.2, 0.25) is 0 Å². The number of ether oxygens (including phenoxy) is 2. The van der Waals surface area contributed by atoms with E-state index in [0.717, 1.165) is 11.1 Å². The first kappa shape index (κ1) is 21.4. The van der Waals surface area contributed by atoms with Crippen molar-refractivity contribution in [3.8, 4) is 5.75 Å². The van der Waals surface area contributed by atoms with Gasteiger partial charge in [-0.05, 0) is 50.5 Å². The minimum atomic E-state index is -0.732. The van der Waals surface area contributed by atoms with Crippen molar-refractivity contribution in [2.75, 3.05) is 19.0 Å². The first-order chi connectivity index (χ1) is 14.2. The van der Waals surface area contributed by atoms with Crippen molar-refractivity contribution in [2.24, 2.45) is 0 Å². The third kappa shape index (κ3) is 5.00. The molecular weight excluding hydrogens is 389 g/mol. The van der Waals surface area contributed by atoms with E-state index in [4.69, 9.17) is 9.47 Å². The Labute approximate surface area is 175 Å². The number of amides is 3. The molecule has 0 radical (unpaired) electrons. The quantitative estimate of drug-likeness (QED) is 0.776. The monoisotopic (exact) mass is 415 g/mol. The lowest BCUT2D eigenvalue weighted by molar-refractivity contribution is 0.0119. The van der Waals surface area contributed by atoms with E-state index in [-0.39, 0.29) is 5.69 Å². The zero-order valence-corrected chi connectivity index (χ0v) is 17.5. The highest BCUT2D eigenvalue weighted by atomic mass is 19.1. The molecule has 0 spiro atoms. The summed E-state index contributed by atoms with van der Waals surface area (Å²) in [5.74, 6) is -0.191. The maximum atomic E-state index is 13.6. The summed E-state index contributed by atoms with van der Waals surface area (Å²) < 4.78 is 24.3. The average Bonchev–Trinajstić information content (AvgIpc) is 2.67. The molecule has 0 aromatic heterocycles. The van der Waals surface area contributed by atoms with Crippen molar-refractivity contribution < 1.29 is 23.5 Å². The van der Waals surface area contributed by atoms with Gasteiger partial charge in [0.1, 0.15) is 23.3 Å². The molecule has 1 heterocycles. The minimum Gasteiger partial charge on any atom is -0.495 e. The summed E-state index contributed by atoms with van der Waals surface area (Å²) in [7, 11) is 1.43. The highest BCUT2D eigenvalue weighted by molar-refractivity contribution is 5.91. The molecule has 2 aromatic rings. The Hall–Kier alpha value is -3.29. The van der Waals surface area contributed by atoms with E-state index in [1.54, 1.807) is 20.8 Å². The first-order valence-electron chi connectivity index (χ1n) is 9.66. The molecule has 2 N–H and O–H groups in total. The Morgan fingerprint density at radius 3 is 2.60 bits per heavy atom. The molecule has 0 fully saturated rings. The summed E-state index contributed by atoms with van der Waals surface area (Å²) >= 11 is 0. The number of hydrogen-bond donors (Lipinski definition) is 2. The van der Waals surface area contributed by atoms with Gasteiger partial charge in [0.25, 0.3) is 0 Å². The maximum absolute atomic E-state index is 13.6. The molecule has 160 valence electrons. The van der Waals surface area contributed by atoms with Crippen molar-refractivity contribution in [1.29, 1.82) is 0 Å². The fourth-order valence-corrected chi connectivity index (χ4v) is 3.30.